The number of rotatable bonds is 5. The third-order valence-electron chi connectivity index (χ3n) is 4.82. The van der Waals surface area contributed by atoms with Gasteiger partial charge in [0.15, 0.2) is 9.84 Å². The van der Waals surface area contributed by atoms with Gasteiger partial charge in [0.2, 0.25) is 0 Å². The number of sulfone groups is 1. The molecule has 128 valence electrons. The van der Waals surface area contributed by atoms with Crippen LogP contribution in [0.15, 0.2) is 53.4 Å². The lowest BCUT2D eigenvalue weighted by Gasteiger charge is -2.13. The van der Waals surface area contributed by atoms with Gasteiger partial charge in [0.05, 0.1) is 10.1 Å². The molecule has 0 saturated heterocycles. The molecule has 2 aromatic rings. The summed E-state index contributed by atoms with van der Waals surface area (Å²) in [6, 6.07) is 13.4. The van der Waals surface area contributed by atoms with E-state index in [-0.39, 0.29) is 23.9 Å². The fourth-order valence-electron chi connectivity index (χ4n) is 3.49. The molecule has 4 nitrogen and oxygen atoms in total. The van der Waals surface area contributed by atoms with Crippen LogP contribution in [-0.4, -0.2) is 26.8 Å². The minimum atomic E-state index is -3.59. The van der Waals surface area contributed by atoms with E-state index in [1.165, 1.54) is 12.1 Å². The van der Waals surface area contributed by atoms with Gasteiger partial charge in [-0.3, -0.25) is 0 Å². The minimum Gasteiger partial charge on any atom is -0.330 e. The van der Waals surface area contributed by atoms with Crippen LogP contribution in [-0.2, 0) is 9.84 Å². The first-order chi connectivity index (χ1) is 11.4. The fraction of sp³-hybridized carbons (Fsp3) is 0.294. The minimum absolute atomic E-state index is 0.193. The summed E-state index contributed by atoms with van der Waals surface area (Å²) in [5.41, 5.74) is 12.0. The molecular weight excluding hydrogens is 367 g/mol. The van der Waals surface area contributed by atoms with Crippen molar-refractivity contribution in [1.29, 1.82) is 0 Å². The van der Waals surface area contributed by atoms with E-state index in [2.05, 4.69) is 0 Å². The molecule has 0 aromatic heterocycles. The van der Waals surface area contributed by atoms with Gasteiger partial charge in [-0.05, 0) is 42.0 Å². The zero-order chi connectivity index (χ0) is 17.5. The van der Waals surface area contributed by atoms with Gasteiger partial charge >= 0.3 is 0 Å². The van der Waals surface area contributed by atoms with Crippen molar-refractivity contribution in [2.24, 2.45) is 16.9 Å². The highest BCUT2D eigenvalue weighted by Gasteiger charge is 2.69. The molecule has 1 aliphatic rings. The van der Waals surface area contributed by atoms with Gasteiger partial charge in [0, 0.05) is 34.5 Å². The first kappa shape index (κ1) is 17.7. The Hall–Kier alpha value is -1.11. The van der Waals surface area contributed by atoms with Crippen molar-refractivity contribution in [2.75, 3.05) is 13.1 Å². The monoisotopic (exact) mass is 384 g/mol. The molecule has 0 radical (unpaired) electrons. The van der Waals surface area contributed by atoms with Crippen molar-refractivity contribution in [3.05, 3.63) is 64.1 Å². The van der Waals surface area contributed by atoms with Crippen LogP contribution in [0, 0.1) is 5.41 Å². The first-order valence-electron chi connectivity index (χ1n) is 7.52. The third kappa shape index (κ3) is 2.74. The van der Waals surface area contributed by atoms with Crippen LogP contribution in [0.5, 0.6) is 0 Å². The van der Waals surface area contributed by atoms with Crippen molar-refractivity contribution < 1.29 is 8.42 Å². The Morgan fingerprint density at radius 3 is 2.12 bits per heavy atom. The maximum atomic E-state index is 13.1. The molecule has 2 atom stereocenters. The molecule has 7 heteroatoms. The lowest BCUT2D eigenvalue weighted by atomic mass is 9.99. The second kappa shape index (κ2) is 6.32. The Bertz CT molecular complexity index is 849. The van der Waals surface area contributed by atoms with E-state index in [1.807, 2.05) is 6.07 Å². The molecule has 3 rings (SSSR count). The van der Waals surface area contributed by atoms with Crippen LogP contribution in [0.3, 0.4) is 0 Å². The first-order valence-corrected chi connectivity index (χ1v) is 9.82. The van der Waals surface area contributed by atoms with Crippen molar-refractivity contribution in [3.8, 4) is 0 Å². The molecule has 1 aliphatic carbocycles. The number of benzene rings is 2. The van der Waals surface area contributed by atoms with Crippen molar-refractivity contribution in [1.82, 2.24) is 0 Å². The summed E-state index contributed by atoms with van der Waals surface area (Å²) in [6.45, 7) is 0.385. The Morgan fingerprint density at radius 1 is 0.958 bits per heavy atom. The largest absolute Gasteiger partial charge is 0.330 e. The molecule has 0 amide bonds. The summed E-state index contributed by atoms with van der Waals surface area (Å²) >= 11 is 11.9. The molecule has 24 heavy (non-hydrogen) atoms. The Labute approximate surface area is 151 Å². The highest BCUT2D eigenvalue weighted by Crippen LogP contribution is 2.63. The maximum Gasteiger partial charge on any atom is 0.182 e. The van der Waals surface area contributed by atoms with Gasteiger partial charge in [-0.2, -0.15) is 0 Å². The van der Waals surface area contributed by atoms with E-state index >= 15 is 0 Å². The van der Waals surface area contributed by atoms with Gasteiger partial charge in [0.25, 0.3) is 0 Å². The number of halogens is 2. The summed E-state index contributed by atoms with van der Waals surface area (Å²) in [4.78, 5) is 0.229. The van der Waals surface area contributed by atoms with Crippen molar-refractivity contribution >= 4 is 33.0 Å². The summed E-state index contributed by atoms with van der Waals surface area (Å²) < 4.78 is 26.2. The predicted molar refractivity (Wildman–Crippen MR) is 97.2 cm³/mol. The Morgan fingerprint density at radius 2 is 1.58 bits per heavy atom. The topological polar surface area (TPSA) is 86.2 Å². The molecule has 1 fully saturated rings. The molecular formula is C17H18Cl2N2O2S. The standard InChI is InChI=1S/C17H18Cl2N2O2S/c18-12-4-6-14(7-5-12)24(22,23)16-15(17(16,9-20)10-21)11-2-1-3-13(19)8-11/h1-8,15-16H,9-10,20-21H2/t15-,16+/m1/s1. The second-order valence-corrected chi connectivity index (χ2v) is 9.04. The summed E-state index contributed by atoms with van der Waals surface area (Å²) in [5.74, 6) is -0.271. The summed E-state index contributed by atoms with van der Waals surface area (Å²) in [7, 11) is -3.59. The molecule has 1 saturated carbocycles. The quantitative estimate of drug-likeness (QED) is 0.829. The second-order valence-electron chi connectivity index (χ2n) is 6.09. The van der Waals surface area contributed by atoms with Crippen LogP contribution in [0.2, 0.25) is 10.0 Å². The average molecular weight is 385 g/mol. The van der Waals surface area contributed by atoms with Crippen LogP contribution >= 0.6 is 23.2 Å². The average Bonchev–Trinajstić information content (AvgIpc) is 3.26. The molecule has 0 heterocycles. The van der Waals surface area contributed by atoms with Gasteiger partial charge in [0.1, 0.15) is 0 Å². The highest BCUT2D eigenvalue weighted by atomic mass is 35.5. The van der Waals surface area contributed by atoms with Gasteiger partial charge in [-0.25, -0.2) is 8.42 Å². The Balaban J connectivity index is 2.06. The van der Waals surface area contributed by atoms with Crippen molar-refractivity contribution in [2.45, 2.75) is 16.1 Å². The van der Waals surface area contributed by atoms with E-state index in [0.29, 0.717) is 10.0 Å². The predicted octanol–water partition coefficient (Wildman–Crippen LogP) is 2.84. The highest BCUT2D eigenvalue weighted by molar-refractivity contribution is 7.92. The molecule has 0 spiro atoms. The molecule has 0 bridgehead atoms. The number of hydrogen-bond acceptors (Lipinski definition) is 4. The lowest BCUT2D eigenvalue weighted by Crippen LogP contribution is -2.31. The van der Waals surface area contributed by atoms with Gasteiger partial charge in [-0.15, -0.1) is 0 Å². The van der Waals surface area contributed by atoms with Crippen LogP contribution in [0.4, 0.5) is 0 Å². The smallest absolute Gasteiger partial charge is 0.182 e. The van der Waals surface area contributed by atoms with Crippen LogP contribution in [0.1, 0.15) is 11.5 Å². The number of nitrogens with two attached hydrogens (primary N) is 2. The van der Waals surface area contributed by atoms with Crippen molar-refractivity contribution in [3.63, 3.8) is 0 Å². The number of hydrogen-bond donors (Lipinski definition) is 2. The summed E-state index contributed by atoms with van der Waals surface area (Å²) in [5, 5.41) is 0.379. The van der Waals surface area contributed by atoms with Gasteiger partial charge in [-0.1, -0.05) is 35.3 Å². The maximum absolute atomic E-state index is 13.1. The molecule has 4 N–H and O–H groups in total. The fourth-order valence-corrected chi connectivity index (χ4v) is 6.29. The van der Waals surface area contributed by atoms with Crippen LogP contribution < -0.4 is 11.5 Å². The van der Waals surface area contributed by atoms with E-state index in [1.54, 1.807) is 30.3 Å². The van der Waals surface area contributed by atoms with Crippen LogP contribution in [0.25, 0.3) is 0 Å². The van der Waals surface area contributed by atoms with E-state index < -0.39 is 20.5 Å². The van der Waals surface area contributed by atoms with Gasteiger partial charge < -0.3 is 11.5 Å². The zero-order valence-electron chi connectivity index (χ0n) is 12.8. The molecule has 0 unspecified atom stereocenters. The zero-order valence-corrected chi connectivity index (χ0v) is 15.2. The van der Waals surface area contributed by atoms with E-state index in [0.717, 1.165) is 5.56 Å². The summed E-state index contributed by atoms with van der Waals surface area (Å²) in [6.07, 6.45) is 0. The molecule has 0 aliphatic heterocycles. The Kier molecular flexibility index (Phi) is 4.66. The van der Waals surface area contributed by atoms with E-state index in [9.17, 15) is 8.42 Å². The normalized spacial score (nSPS) is 22.3. The molecule has 2 aromatic carbocycles. The SMILES string of the molecule is NCC1(CN)[C@H](c2cccc(Cl)c2)[C@@H]1S(=O)(=O)c1ccc(Cl)cc1. The van der Waals surface area contributed by atoms with E-state index in [4.69, 9.17) is 34.7 Å². The third-order valence-corrected chi connectivity index (χ3v) is 7.65. The lowest BCUT2D eigenvalue weighted by molar-refractivity contribution is 0.510.